The predicted octanol–water partition coefficient (Wildman–Crippen LogP) is 4.73. The number of hydrogen-bond acceptors (Lipinski definition) is 4. The fourth-order valence-electron chi connectivity index (χ4n) is 3.57. The SMILES string of the molecule is COC(=O)N(CC(c1ccc(B2OC(C)(C)C(C)(C)O2)cc1F)C(C)C)C(C)(C)C. The van der Waals surface area contributed by atoms with Gasteiger partial charge in [0.2, 0.25) is 0 Å². The Labute approximate surface area is 181 Å². The lowest BCUT2D eigenvalue weighted by molar-refractivity contribution is 0.00578. The van der Waals surface area contributed by atoms with Crippen LogP contribution < -0.4 is 5.46 Å². The molecule has 0 bridgehead atoms. The minimum atomic E-state index is -0.614. The molecule has 1 heterocycles. The number of nitrogens with zero attached hydrogens (tertiary/aromatic N) is 1. The van der Waals surface area contributed by atoms with Crippen molar-refractivity contribution in [1.82, 2.24) is 4.90 Å². The molecule has 0 aliphatic carbocycles. The van der Waals surface area contributed by atoms with Gasteiger partial charge in [0.25, 0.3) is 0 Å². The van der Waals surface area contributed by atoms with E-state index < -0.39 is 30.0 Å². The maximum Gasteiger partial charge on any atom is 0.494 e. The first kappa shape index (κ1) is 24.7. The molecule has 0 spiro atoms. The second kappa shape index (κ2) is 8.50. The molecule has 1 fully saturated rings. The van der Waals surface area contributed by atoms with Crippen molar-refractivity contribution in [3.63, 3.8) is 0 Å². The van der Waals surface area contributed by atoms with E-state index in [0.717, 1.165) is 0 Å². The van der Waals surface area contributed by atoms with E-state index in [1.54, 1.807) is 11.0 Å². The Balaban J connectivity index is 2.33. The van der Waals surface area contributed by atoms with Gasteiger partial charge in [-0.15, -0.1) is 0 Å². The molecule has 2 rings (SSSR count). The molecule has 30 heavy (non-hydrogen) atoms. The van der Waals surface area contributed by atoms with Crippen LogP contribution in [0.3, 0.4) is 0 Å². The summed E-state index contributed by atoms with van der Waals surface area (Å²) in [5.41, 5.74) is -0.192. The Bertz CT molecular complexity index is 757. The third kappa shape index (κ3) is 5.00. The van der Waals surface area contributed by atoms with Gasteiger partial charge >= 0.3 is 13.2 Å². The van der Waals surface area contributed by atoms with Crippen molar-refractivity contribution in [2.75, 3.05) is 13.7 Å². The van der Waals surface area contributed by atoms with Gasteiger partial charge in [-0.3, -0.25) is 0 Å². The number of amides is 1. The van der Waals surface area contributed by atoms with E-state index in [1.165, 1.54) is 13.2 Å². The molecule has 1 aliphatic rings. The number of hydrogen-bond donors (Lipinski definition) is 0. The van der Waals surface area contributed by atoms with Crippen molar-refractivity contribution < 1.29 is 23.2 Å². The number of carbonyl (C=O) groups is 1. The summed E-state index contributed by atoms with van der Waals surface area (Å²) in [6.07, 6.45) is -0.414. The van der Waals surface area contributed by atoms with E-state index in [4.69, 9.17) is 14.0 Å². The largest absolute Gasteiger partial charge is 0.494 e. The van der Waals surface area contributed by atoms with E-state index in [0.29, 0.717) is 17.6 Å². The summed E-state index contributed by atoms with van der Waals surface area (Å²) >= 11 is 0. The predicted molar refractivity (Wildman–Crippen MR) is 119 cm³/mol. The average Bonchev–Trinajstić information content (AvgIpc) is 2.82. The lowest BCUT2D eigenvalue weighted by Crippen LogP contribution is -2.48. The summed E-state index contributed by atoms with van der Waals surface area (Å²) in [5.74, 6) is -0.382. The molecule has 168 valence electrons. The second-order valence-corrected chi connectivity index (χ2v) is 10.5. The number of ether oxygens (including phenoxy) is 1. The van der Waals surface area contributed by atoms with Gasteiger partial charge in [-0.1, -0.05) is 26.0 Å². The first-order valence-electron chi connectivity index (χ1n) is 10.6. The van der Waals surface area contributed by atoms with Crippen LogP contribution >= 0.6 is 0 Å². The van der Waals surface area contributed by atoms with Crippen LogP contribution in [0.25, 0.3) is 0 Å². The Hall–Kier alpha value is -1.60. The van der Waals surface area contributed by atoms with Gasteiger partial charge in [0.1, 0.15) is 5.82 Å². The van der Waals surface area contributed by atoms with Crippen molar-refractivity contribution in [1.29, 1.82) is 0 Å². The first-order chi connectivity index (χ1) is 13.6. The molecular formula is C23H37BFNO4. The van der Waals surface area contributed by atoms with Crippen LogP contribution in [-0.4, -0.2) is 48.5 Å². The maximum atomic E-state index is 15.3. The fourth-order valence-corrected chi connectivity index (χ4v) is 3.57. The Morgan fingerprint density at radius 3 is 2.10 bits per heavy atom. The molecule has 0 radical (unpaired) electrons. The number of methoxy groups -OCH3 is 1. The molecule has 1 unspecified atom stereocenters. The molecule has 1 saturated heterocycles. The molecule has 1 aromatic carbocycles. The summed E-state index contributed by atoms with van der Waals surface area (Å²) < 4.78 is 32.4. The highest BCUT2D eigenvalue weighted by atomic mass is 19.1. The number of carbonyl (C=O) groups excluding carboxylic acids is 1. The third-order valence-corrected chi connectivity index (χ3v) is 6.34. The third-order valence-electron chi connectivity index (χ3n) is 6.34. The van der Waals surface area contributed by atoms with Gasteiger partial charge in [-0.05, 0) is 71.5 Å². The number of halogens is 1. The molecule has 1 amide bonds. The van der Waals surface area contributed by atoms with E-state index in [-0.39, 0.29) is 17.7 Å². The molecule has 0 aromatic heterocycles. The van der Waals surface area contributed by atoms with E-state index in [2.05, 4.69) is 0 Å². The van der Waals surface area contributed by atoms with Crippen LogP contribution in [0.5, 0.6) is 0 Å². The van der Waals surface area contributed by atoms with Crippen LogP contribution in [0.2, 0.25) is 0 Å². The van der Waals surface area contributed by atoms with Crippen molar-refractivity contribution in [2.45, 2.75) is 85.0 Å². The summed E-state index contributed by atoms with van der Waals surface area (Å²) in [5, 5.41) is 0. The molecular weight excluding hydrogens is 384 g/mol. The van der Waals surface area contributed by atoms with Gasteiger partial charge in [0, 0.05) is 18.0 Å². The fraction of sp³-hybridized carbons (Fsp3) is 0.696. The molecule has 5 nitrogen and oxygen atoms in total. The molecule has 0 N–H and O–H groups in total. The molecule has 1 aromatic rings. The van der Waals surface area contributed by atoms with Gasteiger partial charge in [0.15, 0.2) is 0 Å². The average molecular weight is 421 g/mol. The Morgan fingerprint density at radius 2 is 1.70 bits per heavy atom. The van der Waals surface area contributed by atoms with Crippen LogP contribution in [0.4, 0.5) is 9.18 Å². The van der Waals surface area contributed by atoms with E-state index in [1.807, 2.05) is 68.4 Å². The molecule has 1 aliphatic heterocycles. The van der Waals surface area contributed by atoms with Crippen molar-refractivity contribution in [3.05, 3.63) is 29.6 Å². The smallest absolute Gasteiger partial charge is 0.453 e. The summed E-state index contributed by atoms with van der Waals surface area (Å²) in [6.45, 7) is 18.1. The van der Waals surface area contributed by atoms with Crippen molar-refractivity contribution >= 4 is 18.7 Å². The summed E-state index contributed by atoms with van der Waals surface area (Å²) in [6, 6.07) is 5.14. The highest BCUT2D eigenvalue weighted by molar-refractivity contribution is 6.62. The molecule has 0 saturated carbocycles. The normalized spacial score (nSPS) is 19.1. The second-order valence-electron chi connectivity index (χ2n) is 10.5. The minimum absolute atomic E-state index is 0.122. The van der Waals surface area contributed by atoms with Gasteiger partial charge in [-0.25, -0.2) is 9.18 Å². The molecule has 7 heteroatoms. The highest BCUT2D eigenvalue weighted by Gasteiger charge is 2.51. The van der Waals surface area contributed by atoms with Crippen LogP contribution in [-0.2, 0) is 14.0 Å². The van der Waals surface area contributed by atoms with Gasteiger partial charge < -0.3 is 18.9 Å². The van der Waals surface area contributed by atoms with Crippen LogP contribution in [0.1, 0.15) is 73.8 Å². The topological polar surface area (TPSA) is 48.0 Å². The number of benzene rings is 1. The Kier molecular flexibility index (Phi) is 6.99. The summed E-state index contributed by atoms with van der Waals surface area (Å²) in [7, 11) is 0.753. The van der Waals surface area contributed by atoms with Gasteiger partial charge in [0.05, 0.1) is 18.3 Å². The number of rotatable bonds is 5. The monoisotopic (exact) mass is 421 g/mol. The van der Waals surface area contributed by atoms with Gasteiger partial charge in [-0.2, -0.15) is 0 Å². The van der Waals surface area contributed by atoms with Crippen LogP contribution in [0, 0.1) is 11.7 Å². The zero-order valence-corrected chi connectivity index (χ0v) is 20.1. The highest BCUT2D eigenvalue weighted by Crippen LogP contribution is 2.37. The maximum absolute atomic E-state index is 15.3. The van der Waals surface area contributed by atoms with Crippen LogP contribution in [0.15, 0.2) is 18.2 Å². The van der Waals surface area contributed by atoms with E-state index >= 15 is 4.39 Å². The lowest BCUT2D eigenvalue weighted by Gasteiger charge is -2.38. The van der Waals surface area contributed by atoms with Crippen molar-refractivity contribution in [3.8, 4) is 0 Å². The zero-order chi connectivity index (χ0) is 23.1. The van der Waals surface area contributed by atoms with E-state index in [9.17, 15) is 4.79 Å². The quantitative estimate of drug-likeness (QED) is 0.645. The van der Waals surface area contributed by atoms with Crippen molar-refractivity contribution in [2.24, 2.45) is 5.92 Å². The first-order valence-corrected chi connectivity index (χ1v) is 10.6. The zero-order valence-electron chi connectivity index (χ0n) is 20.1. The molecule has 1 atom stereocenters. The standard InChI is InChI=1S/C23H37BFNO4/c1-15(2)18(14-26(20(27)28-10)21(3,4)5)17-12-11-16(13-19(17)25)24-29-22(6,7)23(8,9)30-24/h11-13,15,18H,14H2,1-10H3. The lowest BCUT2D eigenvalue weighted by atomic mass is 9.77. The Morgan fingerprint density at radius 1 is 1.17 bits per heavy atom. The minimum Gasteiger partial charge on any atom is -0.453 e. The summed E-state index contributed by atoms with van der Waals surface area (Å²) in [4.78, 5) is 14.0.